The van der Waals surface area contributed by atoms with E-state index in [9.17, 15) is 29.1 Å². The van der Waals surface area contributed by atoms with Crippen LogP contribution in [-0.4, -0.2) is 70.6 Å². The van der Waals surface area contributed by atoms with Crippen molar-refractivity contribution in [3.8, 4) is 0 Å². The Morgan fingerprint density at radius 3 is 2.06 bits per heavy atom. The molecule has 0 bridgehead atoms. The van der Waals surface area contributed by atoms with Gasteiger partial charge in [0, 0.05) is 6.42 Å². The number of hydrogen-bond donors (Lipinski definition) is 7. The van der Waals surface area contributed by atoms with E-state index in [0.717, 1.165) is 0 Å². The fourth-order valence-electron chi connectivity index (χ4n) is 2.63. The van der Waals surface area contributed by atoms with Crippen LogP contribution in [0.1, 0.15) is 18.9 Å². The molecule has 12 heteroatoms. The highest BCUT2D eigenvalue weighted by Gasteiger charge is 2.32. The molecular formula is C19H27N5O7. The van der Waals surface area contributed by atoms with Gasteiger partial charge in [0.05, 0.1) is 19.1 Å². The van der Waals surface area contributed by atoms with Crippen molar-refractivity contribution < 1.29 is 34.2 Å². The average Bonchev–Trinajstić information content (AvgIpc) is 2.70. The van der Waals surface area contributed by atoms with E-state index >= 15 is 0 Å². The lowest BCUT2D eigenvalue weighted by Crippen LogP contribution is -2.59. The third-order valence-corrected chi connectivity index (χ3v) is 4.20. The molecule has 1 aromatic carbocycles. The van der Waals surface area contributed by atoms with E-state index in [4.69, 9.17) is 16.6 Å². The third kappa shape index (κ3) is 8.80. The highest BCUT2D eigenvalue weighted by atomic mass is 16.4. The summed E-state index contributed by atoms with van der Waals surface area (Å²) in [5, 5.41) is 25.9. The smallest absolute Gasteiger partial charge is 0.326 e. The molecule has 4 amide bonds. The summed E-state index contributed by atoms with van der Waals surface area (Å²) in [6, 6.07) is 4.40. The molecule has 4 unspecified atom stereocenters. The maximum absolute atomic E-state index is 12.8. The van der Waals surface area contributed by atoms with E-state index in [2.05, 4.69) is 16.0 Å². The van der Waals surface area contributed by atoms with Crippen LogP contribution in [0, 0.1) is 0 Å². The van der Waals surface area contributed by atoms with Crippen molar-refractivity contribution in [1.82, 2.24) is 16.0 Å². The molecule has 0 fully saturated rings. The van der Waals surface area contributed by atoms with Crippen LogP contribution in [0.15, 0.2) is 30.3 Å². The molecule has 12 nitrogen and oxygen atoms in total. The van der Waals surface area contributed by atoms with Crippen LogP contribution in [0.2, 0.25) is 0 Å². The molecule has 1 aromatic rings. The first-order valence-electron chi connectivity index (χ1n) is 9.38. The van der Waals surface area contributed by atoms with Crippen LogP contribution in [0.5, 0.6) is 0 Å². The Bertz CT molecular complexity index is 800. The number of aliphatic hydroxyl groups is 1. The van der Waals surface area contributed by atoms with Gasteiger partial charge in [-0.05, 0) is 12.5 Å². The monoisotopic (exact) mass is 437 g/mol. The second-order valence-electron chi connectivity index (χ2n) is 6.81. The Kier molecular flexibility index (Phi) is 10.1. The lowest BCUT2D eigenvalue weighted by Gasteiger charge is -2.26. The Morgan fingerprint density at radius 1 is 0.968 bits per heavy atom. The number of nitrogens with one attached hydrogen (secondary N) is 3. The molecule has 170 valence electrons. The van der Waals surface area contributed by atoms with E-state index < -0.39 is 60.2 Å². The number of primary amides is 1. The highest BCUT2D eigenvalue weighted by molar-refractivity contribution is 5.94. The largest absolute Gasteiger partial charge is 0.480 e. The van der Waals surface area contributed by atoms with Gasteiger partial charge in [-0.15, -0.1) is 0 Å². The van der Waals surface area contributed by atoms with E-state index in [1.54, 1.807) is 30.3 Å². The molecule has 0 saturated carbocycles. The third-order valence-electron chi connectivity index (χ3n) is 4.20. The maximum Gasteiger partial charge on any atom is 0.326 e. The molecular weight excluding hydrogens is 410 g/mol. The van der Waals surface area contributed by atoms with Gasteiger partial charge in [-0.25, -0.2) is 4.79 Å². The number of carbonyl (C=O) groups is 5. The fourth-order valence-corrected chi connectivity index (χ4v) is 2.63. The molecule has 0 aliphatic carbocycles. The normalized spacial score (nSPS) is 14.4. The second-order valence-corrected chi connectivity index (χ2v) is 6.81. The number of hydrogen-bond acceptors (Lipinski definition) is 7. The van der Waals surface area contributed by atoms with Crippen LogP contribution >= 0.6 is 0 Å². The number of carboxylic acid groups (broad SMARTS) is 1. The Labute approximate surface area is 178 Å². The van der Waals surface area contributed by atoms with Gasteiger partial charge < -0.3 is 37.6 Å². The number of aliphatic carboxylic acids is 1. The summed E-state index contributed by atoms with van der Waals surface area (Å²) in [5.41, 5.74) is 11.0. The number of aliphatic hydroxyl groups excluding tert-OH is 1. The number of benzene rings is 1. The highest BCUT2D eigenvalue weighted by Crippen LogP contribution is 2.05. The van der Waals surface area contributed by atoms with E-state index in [0.29, 0.717) is 5.56 Å². The zero-order valence-corrected chi connectivity index (χ0v) is 16.9. The summed E-state index contributed by atoms with van der Waals surface area (Å²) in [6.45, 7) is 0.839. The molecule has 0 aliphatic rings. The molecule has 0 aromatic heterocycles. The molecule has 0 aliphatic heterocycles. The minimum atomic E-state index is -1.64. The van der Waals surface area contributed by atoms with Gasteiger partial charge in [0.15, 0.2) is 0 Å². The SMILES string of the molecule is CC(O)C(NC(=O)C(Cc1ccccc1)NC(=O)CN)C(=O)NC(CC(N)=O)C(=O)O. The zero-order valence-electron chi connectivity index (χ0n) is 16.9. The van der Waals surface area contributed by atoms with E-state index in [1.165, 1.54) is 6.92 Å². The summed E-state index contributed by atoms with van der Waals surface area (Å²) >= 11 is 0. The summed E-state index contributed by atoms with van der Waals surface area (Å²) in [7, 11) is 0. The van der Waals surface area contributed by atoms with Crippen LogP contribution < -0.4 is 27.4 Å². The first-order valence-corrected chi connectivity index (χ1v) is 9.38. The van der Waals surface area contributed by atoms with Gasteiger partial charge in [0.2, 0.25) is 23.6 Å². The first kappa shape index (κ1) is 25.5. The number of nitrogens with two attached hydrogens (primary N) is 2. The second kappa shape index (κ2) is 12.2. The zero-order chi connectivity index (χ0) is 23.6. The van der Waals surface area contributed by atoms with Crippen LogP contribution in [0.3, 0.4) is 0 Å². The van der Waals surface area contributed by atoms with Gasteiger partial charge in [0.25, 0.3) is 0 Å². The number of carbonyl (C=O) groups excluding carboxylic acids is 4. The minimum absolute atomic E-state index is 0.0754. The lowest BCUT2D eigenvalue weighted by molar-refractivity contribution is -0.144. The van der Waals surface area contributed by atoms with Crippen molar-refractivity contribution in [3.05, 3.63) is 35.9 Å². The first-order chi connectivity index (χ1) is 14.5. The summed E-state index contributed by atoms with van der Waals surface area (Å²) in [6.07, 6.45) is -2.02. The van der Waals surface area contributed by atoms with Gasteiger partial charge in [-0.1, -0.05) is 30.3 Å². The lowest BCUT2D eigenvalue weighted by atomic mass is 10.0. The number of carboxylic acids is 1. The molecule has 4 atom stereocenters. The predicted molar refractivity (Wildman–Crippen MR) is 108 cm³/mol. The summed E-state index contributed by atoms with van der Waals surface area (Å²) < 4.78 is 0. The Hall–Kier alpha value is -3.51. The number of rotatable bonds is 12. The topological polar surface area (TPSA) is 214 Å². The van der Waals surface area contributed by atoms with Crippen LogP contribution in [-0.2, 0) is 30.4 Å². The standard InChI is InChI=1S/C19H27N5O7/c1-10(25)16(18(29)23-13(19(30)31)8-14(21)26)24-17(28)12(22-15(27)9-20)7-11-5-3-2-4-6-11/h2-6,10,12-13,16,25H,7-9,20H2,1H3,(H2,21,26)(H,22,27)(H,23,29)(H,24,28)(H,30,31). The van der Waals surface area contributed by atoms with E-state index in [1.807, 2.05) is 0 Å². The molecule has 1 rings (SSSR count). The maximum atomic E-state index is 12.8. The van der Waals surface area contributed by atoms with Gasteiger partial charge in [-0.3, -0.25) is 19.2 Å². The molecule has 0 heterocycles. The van der Waals surface area contributed by atoms with E-state index in [-0.39, 0.29) is 13.0 Å². The van der Waals surface area contributed by atoms with Crippen LogP contribution in [0.25, 0.3) is 0 Å². The van der Waals surface area contributed by atoms with Gasteiger partial charge >= 0.3 is 5.97 Å². The quantitative estimate of drug-likeness (QED) is 0.178. The minimum Gasteiger partial charge on any atom is -0.480 e. The van der Waals surface area contributed by atoms with Gasteiger partial charge in [-0.2, -0.15) is 0 Å². The molecule has 0 saturated heterocycles. The molecule has 31 heavy (non-hydrogen) atoms. The summed E-state index contributed by atoms with van der Waals surface area (Å²) in [5.74, 6) is -4.92. The van der Waals surface area contributed by atoms with Crippen molar-refractivity contribution in [2.75, 3.05) is 6.54 Å². The summed E-state index contributed by atoms with van der Waals surface area (Å²) in [4.78, 5) is 59.2. The Balaban J connectivity index is 2.98. The van der Waals surface area contributed by atoms with Crippen molar-refractivity contribution in [2.24, 2.45) is 11.5 Å². The van der Waals surface area contributed by atoms with Crippen molar-refractivity contribution in [2.45, 2.75) is 44.0 Å². The van der Waals surface area contributed by atoms with Crippen molar-refractivity contribution >= 4 is 29.6 Å². The molecule has 0 spiro atoms. The Morgan fingerprint density at radius 2 is 1.58 bits per heavy atom. The number of amides is 4. The van der Waals surface area contributed by atoms with Gasteiger partial charge in [0.1, 0.15) is 18.1 Å². The fraction of sp³-hybridized carbons (Fsp3) is 0.421. The molecule has 9 N–H and O–H groups in total. The van der Waals surface area contributed by atoms with Crippen LogP contribution in [0.4, 0.5) is 0 Å². The van der Waals surface area contributed by atoms with Crippen molar-refractivity contribution in [1.29, 1.82) is 0 Å². The van der Waals surface area contributed by atoms with Crippen molar-refractivity contribution in [3.63, 3.8) is 0 Å². The average molecular weight is 437 g/mol. The predicted octanol–water partition coefficient (Wildman–Crippen LogP) is -3.02. The molecule has 0 radical (unpaired) electrons.